The van der Waals surface area contributed by atoms with E-state index in [1.54, 1.807) is 30.5 Å². The van der Waals surface area contributed by atoms with Crippen molar-refractivity contribution < 1.29 is 13.4 Å². The molecule has 1 aromatic carbocycles. The maximum Gasteiger partial charge on any atom is 0.283 e. The summed E-state index contributed by atoms with van der Waals surface area (Å²) in [6, 6.07) is 10.9. The van der Waals surface area contributed by atoms with E-state index in [0.29, 0.717) is 47.4 Å². The minimum Gasteiger partial charge on any atom is -0.459 e. The van der Waals surface area contributed by atoms with Crippen molar-refractivity contribution in [2.45, 2.75) is 26.4 Å². The van der Waals surface area contributed by atoms with Crippen molar-refractivity contribution in [1.82, 2.24) is 25.2 Å². The van der Waals surface area contributed by atoms with Crippen LogP contribution < -0.4 is 0 Å². The molecule has 0 aliphatic rings. The van der Waals surface area contributed by atoms with Gasteiger partial charge in [-0.3, -0.25) is 4.90 Å². The van der Waals surface area contributed by atoms with Crippen LogP contribution in [0.5, 0.6) is 0 Å². The average Bonchev–Trinajstić information content (AvgIpc) is 3.44. The topological polar surface area (TPSA) is 94.2 Å². The summed E-state index contributed by atoms with van der Waals surface area (Å²) in [6.45, 7) is 3.85. The van der Waals surface area contributed by atoms with Gasteiger partial charge < -0.3 is 13.4 Å². The lowest BCUT2D eigenvalue weighted by Gasteiger charge is -2.16. The third-order valence-electron chi connectivity index (χ3n) is 4.01. The SMILES string of the molecule is CCCN(Cc1nc(-c2cccc(Cl)c2)no1)Cc1nnc(-c2ccco2)o1. The van der Waals surface area contributed by atoms with Gasteiger partial charge >= 0.3 is 0 Å². The molecule has 0 atom stereocenters. The Bertz CT molecular complexity index is 1030. The van der Waals surface area contributed by atoms with Gasteiger partial charge in [-0.1, -0.05) is 35.8 Å². The second-order valence-electron chi connectivity index (χ2n) is 6.21. The predicted octanol–water partition coefficient (Wildman–Crippen LogP) is 4.45. The summed E-state index contributed by atoms with van der Waals surface area (Å²) >= 11 is 6.03. The van der Waals surface area contributed by atoms with Gasteiger partial charge in [-0.25, -0.2) is 0 Å². The minimum atomic E-state index is 0.359. The first-order valence-electron chi connectivity index (χ1n) is 8.88. The molecular formula is C19H18ClN5O3. The van der Waals surface area contributed by atoms with Crippen LogP contribution in [-0.2, 0) is 13.1 Å². The summed E-state index contributed by atoms with van der Waals surface area (Å²) in [5, 5.41) is 12.8. The lowest BCUT2D eigenvalue weighted by molar-refractivity contribution is 0.201. The van der Waals surface area contributed by atoms with E-state index in [-0.39, 0.29) is 0 Å². The Morgan fingerprint density at radius 3 is 2.75 bits per heavy atom. The molecule has 0 bridgehead atoms. The maximum absolute atomic E-state index is 6.03. The molecule has 0 N–H and O–H groups in total. The molecule has 3 aromatic heterocycles. The standard InChI is InChI=1S/C19H18ClN5O3/c1-2-8-25(12-17-22-23-19(27-17)15-7-4-9-26-15)11-16-21-18(24-28-16)13-5-3-6-14(20)10-13/h3-7,9-10H,2,8,11-12H2,1H3. The number of nitrogens with zero attached hydrogens (tertiary/aromatic N) is 5. The van der Waals surface area contributed by atoms with E-state index in [1.807, 2.05) is 12.1 Å². The van der Waals surface area contributed by atoms with Crippen LogP contribution in [0.2, 0.25) is 5.02 Å². The van der Waals surface area contributed by atoms with Gasteiger partial charge in [0.1, 0.15) is 0 Å². The van der Waals surface area contributed by atoms with Crippen molar-refractivity contribution >= 4 is 11.6 Å². The molecule has 0 saturated heterocycles. The summed E-state index contributed by atoms with van der Waals surface area (Å²) in [7, 11) is 0. The van der Waals surface area contributed by atoms with Crippen molar-refractivity contribution in [2.75, 3.05) is 6.54 Å². The fourth-order valence-corrected chi connectivity index (χ4v) is 2.98. The number of furan rings is 1. The normalized spacial score (nSPS) is 11.4. The van der Waals surface area contributed by atoms with Crippen molar-refractivity contribution in [2.24, 2.45) is 0 Å². The van der Waals surface area contributed by atoms with Gasteiger partial charge in [0.05, 0.1) is 19.4 Å². The van der Waals surface area contributed by atoms with E-state index in [9.17, 15) is 0 Å². The Morgan fingerprint density at radius 2 is 1.96 bits per heavy atom. The Kier molecular flexibility index (Phi) is 5.50. The molecule has 0 unspecified atom stereocenters. The first-order valence-corrected chi connectivity index (χ1v) is 9.26. The van der Waals surface area contributed by atoms with Crippen LogP contribution in [0.1, 0.15) is 25.1 Å². The summed E-state index contributed by atoms with van der Waals surface area (Å²) in [4.78, 5) is 6.58. The summed E-state index contributed by atoms with van der Waals surface area (Å²) in [6.07, 6.45) is 2.52. The molecule has 0 radical (unpaired) electrons. The first kappa shape index (κ1) is 18.4. The summed E-state index contributed by atoms with van der Waals surface area (Å²) in [5.74, 6) is 2.41. The first-order chi connectivity index (χ1) is 13.7. The highest BCUT2D eigenvalue weighted by Gasteiger charge is 2.17. The molecule has 0 aliphatic heterocycles. The molecule has 0 spiro atoms. The monoisotopic (exact) mass is 399 g/mol. The smallest absolute Gasteiger partial charge is 0.283 e. The van der Waals surface area contributed by atoms with E-state index in [4.69, 9.17) is 25.0 Å². The van der Waals surface area contributed by atoms with Crippen LogP contribution in [0.4, 0.5) is 0 Å². The second-order valence-corrected chi connectivity index (χ2v) is 6.65. The zero-order valence-electron chi connectivity index (χ0n) is 15.2. The predicted molar refractivity (Wildman–Crippen MR) is 101 cm³/mol. The molecule has 0 aliphatic carbocycles. The quantitative estimate of drug-likeness (QED) is 0.429. The molecule has 0 amide bonds. The van der Waals surface area contributed by atoms with E-state index in [1.165, 1.54) is 0 Å². The summed E-state index contributed by atoms with van der Waals surface area (Å²) in [5.41, 5.74) is 0.810. The Morgan fingerprint density at radius 1 is 1.07 bits per heavy atom. The Labute approximate surface area is 166 Å². The van der Waals surface area contributed by atoms with Crippen LogP contribution in [-0.4, -0.2) is 31.8 Å². The largest absolute Gasteiger partial charge is 0.459 e. The van der Waals surface area contributed by atoms with Gasteiger partial charge in [-0.15, -0.1) is 10.2 Å². The lowest BCUT2D eigenvalue weighted by Crippen LogP contribution is -2.24. The van der Waals surface area contributed by atoms with Crippen molar-refractivity contribution in [3.63, 3.8) is 0 Å². The van der Waals surface area contributed by atoms with Crippen LogP contribution in [0.15, 0.2) is 56.0 Å². The number of hydrogen-bond donors (Lipinski definition) is 0. The number of hydrogen-bond acceptors (Lipinski definition) is 8. The Hall–Kier alpha value is -2.97. The van der Waals surface area contributed by atoms with Crippen LogP contribution in [0.25, 0.3) is 23.0 Å². The van der Waals surface area contributed by atoms with Crippen molar-refractivity contribution in [3.05, 3.63) is 59.5 Å². The van der Waals surface area contributed by atoms with Crippen molar-refractivity contribution in [1.29, 1.82) is 0 Å². The van der Waals surface area contributed by atoms with E-state index >= 15 is 0 Å². The molecule has 9 heteroatoms. The molecule has 4 rings (SSSR count). The van der Waals surface area contributed by atoms with Gasteiger partial charge in [-0.05, 0) is 37.2 Å². The third-order valence-corrected chi connectivity index (χ3v) is 4.24. The fraction of sp³-hybridized carbons (Fsp3) is 0.263. The number of halogens is 1. The fourth-order valence-electron chi connectivity index (χ4n) is 2.79. The Balaban J connectivity index is 1.45. The molecule has 0 fully saturated rings. The molecule has 3 heterocycles. The van der Waals surface area contributed by atoms with E-state index in [0.717, 1.165) is 18.5 Å². The zero-order valence-corrected chi connectivity index (χ0v) is 16.0. The third kappa shape index (κ3) is 4.29. The zero-order chi connectivity index (χ0) is 19.3. The second kappa shape index (κ2) is 8.37. The number of benzene rings is 1. The van der Waals surface area contributed by atoms with Crippen LogP contribution in [0.3, 0.4) is 0 Å². The number of aromatic nitrogens is 4. The minimum absolute atomic E-state index is 0.359. The molecule has 0 saturated carbocycles. The average molecular weight is 400 g/mol. The maximum atomic E-state index is 6.03. The van der Waals surface area contributed by atoms with Crippen molar-refractivity contribution in [3.8, 4) is 23.0 Å². The number of rotatable bonds is 8. The highest BCUT2D eigenvalue weighted by molar-refractivity contribution is 6.30. The van der Waals surface area contributed by atoms with Gasteiger partial charge in [-0.2, -0.15) is 4.98 Å². The summed E-state index contributed by atoms with van der Waals surface area (Å²) < 4.78 is 16.4. The molecule has 144 valence electrons. The molecule has 4 aromatic rings. The molecule has 28 heavy (non-hydrogen) atoms. The van der Waals surface area contributed by atoms with Gasteiger partial charge in [0.2, 0.25) is 17.6 Å². The van der Waals surface area contributed by atoms with Crippen LogP contribution >= 0.6 is 11.6 Å². The highest BCUT2D eigenvalue weighted by atomic mass is 35.5. The molecule has 8 nitrogen and oxygen atoms in total. The van der Waals surface area contributed by atoms with Crippen LogP contribution in [0, 0.1) is 0 Å². The van der Waals surface area contributed by atoms with Gasteiger partial charge in [0.15, 0.2) is 5.76 Å². The van der Waals surface area contributed by atoms with E-state index < -0.39 is 0 Å². The molecular weight excluding hydrogens is 382 g/mol. The van der Waals surface area contributed by atoms with Gasteiger partial charge in [0.25, 0.3) is 5.89 Å². The van der Waals surface area contributed by atoms with Gasteiger partial charge in [0, 0.05) is 10.6 Å². The lowest BCUT2D eigenvalue weighted by atomic mass is 10.2. The van der Waals surface area contributed by atoms with E-state index in [2.05, 4.69) is 32.2 Å². The highest BCUT2D eigenvalue weighted by Crippen LogP contribution is 2.21.